The van der Waals surface area contributed by atoms with Gasteiger partial charge in [-0.2, -0.15) is 0 Å². The normalized spacial score (nSPS) is 16.1. The van der Waals surface area contributed by atoms with Crippen molar-refractivity contribution in [2.45, 2.75) is 52.0 Å². The van der Waals surface area contributed by atoms with Gasteiger partial charge >= 0.3 is 5.97 Å². The summed E-state index contributed by atoms with van der Waals surface area (Å²) >= 11 is 0. The number of rotatable bonds is 9. The number of benzene rings is 1. The second-order valence-corrected chi connectivity index (χ2v) is 8.41. The number of anilines is 2. The smallest absolute Gasteiger partial charge is 0.303 e. The first-order valence-electron chi connectivity index (χ1n) is 10.4. The van der Waals surface area contributed by atoms with Crippen LogP contribution in [0, 0.1) is 5.92 Å². The largest absolute Gasteiger partial charge is 0.481 e. The molecule has 0 radical (unpaired) electrons. The highest BCUT2D eigenvalue weighted by atomic mass is 16.5. The summed E-state index contributed by atoms with van der Waals surface area (Å²) in [5, 5.41) is 9.05. The molecule has 1 amide bonds. The number of carbonyl (C=O) groups is 2. The summed E-state index contributed by atoms with van der Waals surface area (Å²) in [5.41, 5.74) is 9.03. The van der Waals surface area contributed by atoms with Crippen LogP contribution >= 0.6 is 0 Å². The maximum atomic E-state index is 12.1. The molecule has 7 heteroatoms. The Hall–Kier alpha value is -2.28. The monoisotopic (exact) mass is 405 g/mol. The molecule has 0 bridgehead atoms. The van der Waals surface area contributed by atoms with Gasteiger partial charge in [0.25, 0.3) is 0 Å². The third kappa shape index (κ3) is 6.35. The lowest BCUT2D eigenvalue weighted by molar-refractivity contribution is -0.137. The van der Waals surface area contributed by atoms with Crippen LogP contribution in [0.5, 0.6) is 0 Å². The molecule has 1 atom stereocenters. The molecule has 1 saturated heterocycles. The average molecular weight is 406 g/mol. The number of hydrogen-bond donors (Lipinski definition) is 2. The quantitative estimate of drug-likeness (QED) is 0.613. The number of carboxylic acid groups (broad SMARTS) is 1. The van der Waals surface area contributed by atoms with Crippen LogP contribution in [0.3, 0.4) is 0 Å². The number of carbonyl (C=O) groups excluding carboxylic acids is 1. The Morgan fingerprint density at radius 1 is 1.28 bits per heavy atom. The fourth-order valence-electron chi connectivity index (χ4n) is 4.00. The number of piperidine rings is 1. The van der Waals surface area contributed by atoms with E-state index in [1.165, 1.54) is 0 Å². The second kappa shape index (κ2) is 10.5. The highest BCUT2D eigenvalue weighted by molar-refractivity contribution is 5.77. The van der Waals surface area contributed by atoms with E-state index in [-0.39, 0.29) is 24.9 Å². The summed E-state index contributed by atoms with van der Waals surface area (Å²) in [6.07, 6.45) is 1.86. The lowest BCUT2D eigenvalue weighted by Gasteiger charge is -2.41. The van der Waals surface area contributed by atoms with Crippen LogP contribution in [-0.4, -0.2) is 61.3 Å². The van der Waals surface area contributed by atoms with E-state index in [0.29, 0.717) is 17.6 Å². The number of amides is 1. The molecule has 0 spiro atoms. The van der Waals surface area contributed by atoms with Crippen LogP contribution in [0.15, 0.2) is 18.2 Å². The zero-order valence-corrected chi connectivity index (χ0v) is 18.1. The SMILES string of the molecule is COCC(=O)N1CCC(N(CC(C)C)c2ccc(C(C)CC(=O)O)cc2N)CC1. The number of nitrogens with zero attached hydrogens (tertiary/aromatic N) is 2. The van der Waals surface area contributed by atoms with Crippen LogP contribution in [0.4, 0.5) is 11.4 Å². The highest BCUT2D eigenvalue weighted by Gasteiger charge is 2.28. The number of likely N-dealkylation sites (tertiary alicyclic amines) is 1. The zero-order valence-electron chi connectivity index (χ0n) is 18.1. The molecule has 2 rings (SSSR count). The van der Waals surface area contributed by atoms with E-state index in [1.807, 2.05) is 30.0 Å². The molecule has 0 aliphatic carbocycles. The number of nitrogen functional groups attached to an aromatic ring is 1. The summed E-state index contributed by atoms with van der Waals surface area (Å²) in [6.45, 7) is 8.72. The molecule has 0 saturated carbocycles. The minimum atomic E-state index is -0.809. The molecular formula is C22H35N3O4. The Morgan fingerprint density at radius 3 is 2.45 bits per heavy atom. The van der Waals surface area contributed by atoms with Gasteiger partial charge in [-0.3, -0.25) is 9.59 Å². The summed E-state index contributed by atoms with van der Waals surface area (Å²) < 4.78 is 4.97. The lowest BCUT2D eigenvalue weighted by atomic mass is 9.95. The number of nitrogens with two attached hydrogens (primary N) is 1. The summed E-state index contributed by atoms with van der Waals surface area (Å²) in [5.74, 6) is -0.389. The van der Waals surface area contributed by atoms with Crippen molar-refractivity contribution in [1.29, 1.82) is 0 Å². The minimum Gasteiger partial charge on any atom is -0.481 e. The topological polar surface area (TPSA) is 96.1 Å². The zero-order chi connectivity index (χ0) is 21.6. The van der Waals surface area contributed by atoms with Crippen molar-refractivity contribution < 1.29 is 19.4 Å². The van der Waals surface area contributed by atoms with Crippen molar-refractivity contribution in [3.05, 3.63) is 23.8 Å². The first kappa shape index (κ1) is 23.0. The molecule has 1 aromatic carbocycles. The fraction of sp³-hybridized carbons (Fsp3) is 0.636. The molecule has 29 heavy (non-hydrogen) atoms. The van der Waals surface area contributed by atoms with Crippen molar-refractivity contribution in [2.75, 3.05) is 44.0 Å². The molecule has 1 aliphatic heterocycles. The third-order valence-corrected chi connectivity index (χ3v) is 5.50. The fourth-order valence-corrected chi connectivity index (χ4v) is 4.00. The maximum absolute atomic E-state index is 12.1. The van der Waals surface area contributed by atoms with Gasteiger partial charge < -0.3 is 25.4 Å². The van der Waals surface area contributed by atoms with E-state index in [0.717, 1.165) is 43.7 Å². The molecule has 1 aromatic rings. The summed E-state index contributed by atoms with van der Waals surface area (Å²) in [4.78, 5) is 27.3. The van der Waals surface area contributed by atoms with Gasteiger partial charge in [0.05, 0.1) is 17.8 Å². The lowest BCUT2D eigenvalue weighted by Crippen LogP contribution is -2.48. The minimum absolute atomic E-state index is 0.0395. The molecular weight excluding hydrogens is 370 g/mol. The van der Waals surface area contributed by atoms with Gasteiger partial charge in [0.1, 0.15) is 6.61 Å². The Morgan fingerprint density at radius 2 is 1.93 bits per heavy atom. The van der Waals surface area contributed by atoms with Crippen LogP contribution in [0.25, 0.3) is 0 Å². The number of ether oxygens (including phenoxy) is 1. The van der Waals surface area contributed by atoms with Crippen LogP contribution in [-0.2, 0) is 14.3 Å². The van der Waals surface area contributed by atoms with Gasteiger partial charge in [-0.15, -0.1) is 0 Å². The van der Waals surface area contributed by atoms with Gasteiger partial charge in [-0.1, -0.05) is 26.8 Å². The molecule has 3 N–H and O–H groups in total. The van der Waals surface area contributed by atoms with Crippen LogP contribution in [0.1, 0.15) is 51.5 Å². The maximum Gasteiger partial charge on any atom is 0.303 e. The van der Waals surface area contributed by atoms with Gasteiger partial charge in [0.15, 0.2) is 0 Å². The van der Waals surface area contributed by atoms with E-state index in [9.17, 15) is 9.59 Å². The van der Waals surface area contributed by atoms with E-state index in [2.05, 4.69) is 18.7 Å². The Labute approximate surface area is 173 Å². The first-order chi connectivity index (χ1) is 13.7. The van der Waals surface area contributed by atoms with E-state index in [1.54, 1.807) is 7.11 Å². The molecule has 0 aromatic heterocycles. The Bertz CT molecular complexity index is 699. The van der Waals surface area contributed by atoms with Gasteiger partial charge in [-0.05, 0) is 42.4 Å². The van der Waals surface area contributed by atoms with E-state index in [4.69, 9.17) is 15.6 Å². The number of methoxy groups -OCH3 is 1. The molecule has 162 valence electrons. The highest BCUT2D eigenvalue weighted by Crippen LogP contribution is 2.33. The van der Waals surface area contributed by atoms with Crippen molar-refractivity contribution in [3.8, 4) is 0 Å². The number of hydrogen-bond acceptors (Lipinski definition) is 5. The molecule has 1 unspecified atom stereocenters. The van der Waals surface area contributed by atoms with Crippen LogP contribution in [0.2, 0.25) is 0 Å². The molecule has 1 heterocycles. The third-order valence-electron chi connectivity index (χ3n) is 5.50. The summed E-state index contributed by atoms with van der Waals surface area (Å²) in [7, 11) is 1.54. The first-order valence-corrected chi connectivity index (χ1v) is 10.4. The standard InChI is InChI=1S/C22H35N3O4/c1-15(2)13-25(18-7-9-24(10-8-18)21(26)14-29-4)20-6-5-17(12-19(20)23)16(3)11-22(27)28/h5-6,12,15-16,18H,7-11,13-14,23H2,1-4H3,(H,27,28). The van der Waals surface area contributed by atoms with E-state index < -0.39 is 5.97 Å². The molecule has 1 aliphatic rings. The van der Waals surface area contributed by atoms with Crippen molar-refractivity contribution in [1.82, 2.24) is 4.90 Å². The van der Waals surface area contributed by atoms with Gasteiger partial charge in [0, 0.05) is 32.8 Å². The van der Waals surface area contributed by atoms with Gasteiger partial charge in [0.2, 0.25) is 5.91 Å². The number of aliphatic carboxylic acids is 1. The van der Waals surface area contributed by atoms with Crippen molar-refractivity contribution >= 4 is 23.3 Å². The van der Waals surface area contributed by atoms with Crippen molar-refractivity contribution in [2.24, 2.45) is 5.92 Å². The summed E-state index contributed by atoms with van der Waals surface area (Å²) in [6, 6.07) is 6.24. The Balaban J connectivity index is 2.16. The molecule has 7 nitrogen and oxygen atoms in total. The predicted octanol–water partition coefficient (Wildman–Crippen LogP) is 2.95. The van der Waals surface area contributed by atoms with Gasteiger partial charge in [-0.25, -0.2) is 0 Å². The van der Waals surface area contributed by atoms with Crippen LogP contribution < -0.4 is 10.6 Å². The molecule has 1 fully saturated rings. The number of carboxylic acids is 1. The van der Waals surface area contributed by atoms with Crippen molar-refractivity contribution in [3.63, 3.8) is 0 Å². The predicted molar refractivity (Wildman–Crippen MR) is 115 cm³/mol. The average Bonchev–Trinajstić information content (AvgIpc) is 2.66. The van der Waals surface area contributed by atoms with E-state index >= 15 is 0 Å². The Kier molecular flexibility index (Phi) is 8.32. The second-order valence-electron chi connectivity index (χ2n) is 8.41.